The molecule has 4 rings (SSSR count). The summed E-state index contributed by atoms with van der Waals surface area (Å²) in [4.78, 5) is 30.6. The number of hydrogen-bond acceptors (Lipinski definition) is 7. The molecule has 0 saturated heterocycles. The van der Waals surface area contributed by atoms with Crippen LogP contribution in [0.4, 0.5) is 0 Å². The molecule has 1 aromatic heterocycles. The predicted octanol–water partition coefficient (Wildman–Crippen LogP) is 5.11. The number of benzene rings is 2. The fourth-order valence-electron chi connectivity index (χ4n) is 4.48. The zero-order chi connectivity index (χ0) is 26.0. The van der Waals surface area contributed by atoms with Crippen molar-refractivity contribution < 1.29 is 29.0 Å². The number of ether oxygens (including phenoxy) is 1. The fraction of sp³-hybridized carbons (Fsp3) is 0.333. The van der Waals surface area contributed by atoms with Gasteiger partial charge in [0.15, 0.2) is 23.0 Å². The second-order valence-corrected chi connectivity index (χ2v) is 8.91. The van der Waals surface area contributed by atoms with Crippen LogP contribution in [0.3, 0.4) is 0 Å². The number of likely N-dealkylation sites (N-methyl/N-ethyl adjacent to an activating group) is 1. The molecule has 0 saturated carbocycles. The third-order valence-electron chi connectivity index (χ3n) is 6.40. The molecule has 2 aromatic carbocycles. The minimum absolute atomic E-state index is 0.0129. The number of aliphatic hydroxyl groups is 1. The second-order valence-electron chi connectivity index (χ2n) is 8.47. The van der Waals surface area contributed by atoms with Gasteiger partial charge in [-0.2, -0.15) is 0 Å². The first-order valence-electron chi connectivity index (χ1n) is 11.9. The lowest BCUT2D eigenvalue weighted by atomic mass is 9.94. The Morgan fingerprint density at radius 3 is 2.56 bits per heavy atom. The molecule has 8 nitrogen and oxygen atoms in total. The van der Waals surface area contributed by atoms with Gasteiger partial charge in [0.25, 0.3) is 5.91 Å². The minimum atomic E-state index is -0.892. The van der Waals surface area contributed by atoms with Crippen LogP contribution in [0.5, 0.6) is 11.5 Å². The first-order valence-corrected chi connectivity index (χ1v) is 12.3. The molecule has 2 heterocycles. The van der Waals surface area contributed by atoms with Gasteiger partial charge in [0, 0.05) is 23.5 Å². The molecule has 1 unspecified atom stereocenters. The summed E-state index contributed by atoms with van der Waals surface area (Å²) >= 11 is 6.07. The number of Topliss-reactive ketones (excluding diaryl/α,β-unsaturated/α-hetero) is 1. The molecule has 190 valence electrons. The smallest absolute Gasteiger partial charge is 0.290 e. The Morgan fingerprint density at radius 2 is 1.86 bits per heavy atom. The standard InChI is InChI=1S/C27H29ClN2O6/c1-4-29(5-2)11-12-30-24(16-7-9-19(31)21(14-16)35-6-3)23(26(33)27(30)34)25(32)22-15-17-13-18(28)8-10-20(17)36-22/h7-10,13-15,24,31,33H,4-6,11-12H2,1-3H3. The SMILES string of the molecule is CCOc1cc(C2C(C(=O)c3cc4cc(Cl)ccc4o3)=C(O)C(=O)N2CCN(CC)CC)ccc1O. The summed E-state index contributed by atoms with van der Waals surface area (Å²) in [6.45, 7) is 8.60. The maximum atomic E-state index is 13.7. The predicted molar refractivity (Wildman–Crippen MR) is 137 cm³/mol. The van der Waals surface area contributed by atoms with E-state index in [1.165, 1.54) is 11.0 Å². The van der Waals surface area contributed by atoms with Crippen molar-refractivity contribution in [3.05, 3.63) is 70.1 Å². The zero-order valence-electron chi connectivity index (χ0n) is 20.5. The maximum absolute atomic E-state index is 13.7. The molecule has 0 aliphatic carbocycles. The van der Waals surface area contributed by atoms with Gasteiger partial charge in [-0.3, -0.25) is 9.59 Å². The summed E-state index contributed by atoms with van der Waals surface area (Å²) in [5, 5.41) is 22.3. The Kier molecular flexibility index (Phi) is 7.56. The Balaban J connectivity index is 1.79. The Labute approximate surface area is 214 Å². The van der Waals surface area contributed by atoms with Crippen LogP contribution in [0.15, 0.2) is 58.2 Å². The Morgan fingerprint density at radius 1 is 1.11 bits per heavy atom. The summed E-state index contributed by atoms with van der Waals surface area (Å²) in [6.07, 6.45) is 0. The van der Waals surface area contributed by atoms with Crippen LogP contribution in [0.1, 0.15) is 42.9 Å². The normalized spacial score (nSPS) is 16.0. The van der Waals surface area contributed by atoms with Crippen LogP contribution in [0.2, 0.25) is 5.02 Å². The van der Waals surface area contributed by atoms with Crippen molar-refractivity contribution in [1.82, 2.24) is 9.80 Å². The van der Waals surface area contributed by atoms with Gasteiger partial charge < -0.3 is 29.2 Å². The van der Waals surface area contributed by atoms with E-state index in [0.717, 1.165) is 13.1 Å². The molecule has 1 aliphatic rings. The van der Waals surface area contributed by atoms with Crippen molar-refractivity contribution in [1.29, 1.82) is 0 Å². The number of aromatic hydroxyl groups is 1. The van der Waals surface area contributed by atoms with Crippen molar-refractivity contribution in [3.8, 4) is 11.5 Å². The van der Waals surface area contributed by atoms with E-state index in [-0.39, 0.29) is 29.4 Å². The van der Waals surface area contributed by atoms with Crippen LogP contribution in [-0.4, -0.2) is 64.5 Å². The van der Waals surface area contributed by atoms with Crippen molar-refractivity contribution in [2.45, 2.75) is 26.8 Å². The van der Waals surface area contributed by atoms with Gasteiger partial charge in [0.2, 0.25) is 5.78 Å². The number of carbonyl (C=O) groups is 2. The van der Waals surface area contributed by atoms with Gasteiger partial charge in [0.1, 0.15) is 5.58 Å². The molecule has 0 spiro atoms. The third-order valence-corrected chi connectivity index (χ3v) is 6.64. The number of phenolic OH excluding ortho intramolecular Hbond substituents is 1. The summed E-state index contributed by atoms with van der Waals surface area (Å²) in [6, 6.07) is 10.3. The molecule has 0 fully saturated rings. The monoisotopic (exact) mass is 512 g/mol. The van der Waals surface area contributed by atoms with Crippen LogP contribution in [0, 0.1) is 0 Å². The molecule has 2 N–H and O–H groups in total. The molecular weight excluding hydrogens is 484 g/mol. The lowest BCUT2D eigenvalue weighted by molar-refractivity contribution is -0.129. The molecule has 36 heavy (non-hydrogen) atoms. The second kappa shape index (κ2) is 10.6. The quantitative estimate of drug-likeness (QED) is 0.364. The first-order chi connectivity index (χ1) is 17.3. The molecule has 1 amide bonds. The lowest BCUT2D eigenvalue weighted by Gasteiger charge is -2.29. The van der Waals surface area contributed by atoms with E-state index in [4.69, 9.17) is 20.8 Å². The van der Waals surface area contributed by atoms with E-state index < -0.39 is 23.5 Å². The average molecular weight is 513 g/mol. The zero-order valence-corrected chi connectivity index (χ0v) is 21.2. The number of rotatable bonds is 10. The van der Waals surface area contributed by atoms with Crippen LogP contribution >= 0.6 is 11.6 Å². The highest BCUT2D eigenvalue weighted by Gasteiger charge is 2.44. The van der Waals surface area contributed by atoms with Crippen molar-refractivity contribution in [3.63, 3.8) is 0 Å². The summed E-state index contributed by atoms with van der Waals surface area (Å²) in [7, 11) is 0. The van der Waals surface area contributed by atoms with E-state index in [0.29, 0.717) is 34.7 Å². The fourth-order valence-corrected chi connectivity index (χ4v) is 4.66. The highest BCUT2D eigenvalue weighted by Crippen LogP contribution is 2.42. The highest BCUT2D eigenvalue weighted by atomic mass is 35.5. The van der Waals surface area contributed by atoms with E-state index in [9.17, 15) is 19.8 Å². The molecule has 1 aliphatic heterocycles. The molecule has 1 atom stereocenters. The van der Waals surface area contributed by atoms with Crippen molar-refractivity contribution in [2.75, 3.05) is 32.8 Å². The third kappa shape index (κ3) is 4.79. The van der Waals surface area contributed by atoms with Gasteiger partial charge in [-0.05, 0) is 62.0 Å². The maximum Gasteiger partial charge on any atom is 0.290 e. The number of fused-ring (bicyclic) bond motifs is 1. The molecule has 0 radical (unpaired) electrons. The molecule has 9 heteroatoms. The van der Waals surface area contributed by atoms with Crippen molar-refractivity contribution >= 4 is 34.3 Å². The lowest BCUT2D eigenvalue weighted by Crippen LogP contribution is -2.38. The average Bonchev–Trinajstić information content (AvgIpc) is 3.39. The number of nitrogens with zero attached hydrogens (tertiary/aromatic N) is 2. The molecule has 3 aromatic rings. The van der Waals surface area contributed by atoms with Crippen LogP contribution in [0.25, 0.3) is 11.0 Å². The molecular formula is C27H29ClN2O6. The van der Waals surface area contributed by atoms with E-state index >= 15 is 0 Å². The van der Waals surface area contributed by atoms with E-state index in [2.05, 4.69) is 4.90 Å². The highest BCUT2D eigenvalue weighted by molar-refractivity contribution is 6.31. The Hall–Kier alpha value is -3.49. The van der Waals surface area contributed by atoms with Gasteiger partial charge in [-0.1, -0.05) is 31.5 Å². The number of carbonyl (C=O) groups excluding carboxylic acids is 2. The first kappa shape index (κ1) is 25.6. The molecule has 0 bridgehead atoms. The number of phenols is 1. The Bertz CT molecular complexity index is 1330. The van der Waals surface area contributed by atoms with Gasteiger partial charge >= 0.3 is 0 Å². The van der Waals surface area contributed by atoms with E-state index in [1.54, 1.807) is 43.3 Å². The summed E-state index contributed by atoms with van der Waals surface area (Å²) < 4.78 is 11.3. The number of amides is 1. The van der Waals surface area contributed by atoms with Crippen LogP contribution < -0.4 is 4.74 Å². The summed E-state index contributed by atoms with van der Waals surface area (Å²) in [5.74, 6) is -1.71. The number of halogens is 1. The number of hydrogen-bond donors (Lipinski definition) is 2. The van der Waals surface area contributed by atoms with Gasteiger partial charge in [-0.25, -0.2) is 0 Å². The van der Waals surface area contributed by atoms with Gasteiger partial charge in [-0.15, -0.1) is 0 Å². The number of furan rings is 1. The summed E-state index contributed by atoms with van der Waals surface area (Å²) in [5.41, 5.74) is 0.902. The minimum Gasteiger partial charge on any atom is -0.504 e. The number of ketones is 1. The number of aliphatic hydroxyl groups excluding tert-OH is 1. The van der Waals surface area contributed by atoms with Crippen molar-refractivity contribution in [2.24, 2.45) is 0 Å². The van der Waals surface area contributed by atoms with Crippen LogP contribution in [-0.2, 0) is 4.79 Å². The van der Waals surface area contributed by atoms with E-state index in [1.807, 2.05) is 13.8 Å². The van der Waals surface area contributed by atoms with Gasteiger partial charge in [0.05, 0.1) is 18.2 Å². The largest absolute Gasteiger partial charge is 0.504 e. The topological polar surface area (TPSA) is 103 Å².